The Labute approximate surface area is 299 Å². The lowest BCUT2D eigenvalue weighted by molar-refractivity contribution is -0.148. The van der Waals surface area contributed by atoms with E-state index in [0.717, 1.165) is 5.56 Å². The van der Waals surface area contributed by atoms with E-state index in [2.05, 4.69) is 26.6 Å². The number of rotatable bonds is 7. The minimum absolute atomic E-state index is 0.0341. The van der Waals surface area contributed by atoms with Crippen LogP contribution in [0.25, 0.3) is 0 Å². The topological polar surface area (TPSA) is 206 Å². The van der Waals surface area contributed by atoms with E-state index in [1.165, 1.54) is 9.80 Å². The number of nitrogens with zero attached hydrogens (tertiary/aromatic N) is 2. The van der Waals surface area contributed by atoms with Crippen molar-refractivity contribution in [2.45, 2.75) is 109 Å². The fraction of sp³-hybridized carbons (Fsp3) is 0.639. The number of aliphatic hydroxyl groups is 1. The zero-order chi connectivity index (χ0) is 37.2. The molecule has 51 heavy (non-hydrogen) atoms. The first-order valence-corrected chi connectivity index (χ1v) is 18.1. The predicted octanol–water partition coefficient (Wildman–Crippen LogP) is -0.635. The summed E-state index contributed by atoms with van der Waals surface area (Å²) in [5.74, 6) is -4.56. The molecule has 0 aromatic heterocycles. The van der Waals surface area contributed by atoms with Crippen LogP contribution in [0.4, 0.5) is 0 Å². The minimum atomic E-state index is -1.43. The summed E-state index contributed by atoms with van der Waals surface area (Å²) >= 11 is 0. The molecule has 15 nitrogen and oxygen atoms in total. The fourth-order valence-electron chi connectivity index (χ4n) is 6.95. The van der Waals surface area contributed by atoms with Crippen molar-refractivity contribution < 1.29 is 38.7 Å². The van der Waals surface area contributed by atoms with E-state index in [4.69, 9.17) is 0 Å². The molecule has 3 saturated heterocycles. The number of aliphatic hydroxyl groups excluding tert-OH is 1. The van der Waals surface area contributed by atoms with E-state index in [0.29, 0.717) is 38.6 Å². The van der Waals surface area contributed by atoms with E-state index in [9.17, 15) is 38.7 Å². The van der Waals surface area contributed by atoms with E-state index >= 15 is 0 Å². The van der Waals surface area contributed by atoms with Gasteiger partial charge in [0.1, 0.15) is 36.3 Å². The van der Waals surface area contributed by atoms with Gasteiger partial charge in [0.15, 0.2) is 0 Å². The van der Waals surface area contributed by atoms with Gasteiger partial charge in [-0.3, -0.25) is 33.6 Å². The summed E-state index contributed by atoms with van der Waals surface area (Å²) in [5, 5.41) is 23.3. The molecule has 7 amide bonds. The highest BCUT2D eigenvalue weighted by atomic mass is 16.3. The third-order valence-corrected chi connectivity index (χ3v) is 9.95. The average molecular weight is 712 g/mol. The van der Waals surface area contributed by atoms with Crippen LogP contribution in [-0.2, 0) is 40.0 Å². The van der Waals surface area contributed by atoms with Crippen LogP contribution >= 0.6 is 0 Å². The van der Waals surface area contributed by atoms with Crippen LogP contribution in [0, 0.1) is 11.8 Å². The van der Waals surface area contributed by atoms with Gasteiger partial charge in [0.25, 0.3) is 0 Å². The SMILES string of the molecule is CC[C@H](C)[C@@H]1NC(=O)[C@@H]2CCCN2C(=O)[C@@H]2CCCN2C(=O)[C@H](CC(C)C)NC(=O)[C@@H](CO)NC(=O)CNC(=O)[C@H](Cc2ccccc2)NC1=O. The Morgan fingerprint density at radius 3 is 1.98 bits per heavy atom. The van der Waals surface area contributed by atoms with Gasteiger partial charge < -0.3 is 41.5 Å². The van der Waals surface area contributed by atoms with Crippen LogP contribution in [0.1, 0.15) is 71.8 Å². The largest absolute Gasteiger partial charge is 0.394 e. The molecule has 1 aromatic carbocycles. The lowest BCUT2D eigenvalue weighted by Gasteiger charge is -2.34. The van der Waals surface area contributed by atoms with E-state index in [1.807, 2.05) is 33.8 Å². The quantitative estimate of drug-likeness (QED) is 0.214. The first-order chi connectivity index (χ1) is 24.3. The summed E-state index contributed by atoms with van der Waals surface area (Å²) in [6, 6.07) is 2.62. The summed E-state index contributed by atoms with van der Waals surface area (Å²) in [6.07, 6.45) is 2.71. The molecule has 3 heterocycles. The molecule has 3 aliphatic heterocycles. The van der Waals surface area contributed by atoms with Crippen molar-refractivity contribution in [3.8, 4) is 0 Å². The second kappa shape index (κ2) is 18.1. The lowest BCUT2D eigenvalue weighted by atomic mass is 9.96. The molecule has 1 aromatic rings. The summed E-state index contributed by atoms with van der Waals surface area (Å²) in [4.78, 5) is 98.5. The van der Waals surface area contributed by atoms with Crippen LogP contribution in [0.5, 0.6) is 0 Å². The molecule has 3 aliphatic rings. The Balaban J connectivity index is 1.69. The van der Waals surface area contributed by atoms with Gasteiger partial charge in [0.05, 0.1) is 13.2 Å². The third-order valence-electron chi connectivity index (χ3n) is 9.95. The zero-order valence-electron chi connectivity index (χ0n) is 30.0. The van der Waals surface area contributed by atoms with Crippen LogP contribution in [0.3, 0.4) is 0 Å². The number of hydrogen-bond donors (Lipinski definition) is 6. The summed E-state index contributed by atoms with van der Waals surface area (Å²) in [5.41, 5.74) is 0.737. The number of amides is 7. The molecule has 15 heteroatoms. The second-order valence-electron chi connectivity index (χ2n) is 14.2. The van der Waals surface area contributed by atoms with Gasteiger partial charge in [-0.1, -0.05) is 64.4 Å². The smallest absolute Gasteiger partial charge is 0.246 e. The molecular weight excluding hydrogens is 658 g/mol. The molecule has 0 bridgehead atoms. The van der Waals surface area contributed by atoms with Crippen molar-refractivity contribution >= 4 is 41.4 Å². The highest BCUT2D eigenvalue weighted by Gasteiger charge is 2.44. The Morgan fingerprint density at radius 1 is 0.725 bits per heavy atom. The van der Waals surface area contributed by atoms with Gasteiger partial charge in [-0.15, -0.1) is 0 Å². The zero-order valence-corrected chi connectivity index (χ0v) is 30.0. The monoisotopic (exact) mass is 711 g/mol. The molecule has 280 valence electrons. The molecule has 0 spiro atoms. The van der Waals surface area contributed by atoms with Gasteiger partial charge in [0, 0.05) is 19.5 Å². The summed E-state index contributed by atoms with van der Waals surface area (Å²) in [6.45, 7) is 6.68. The Morgan fingerprint density at radius 2 is 1.35 bits per heavy atom. The highest BCUT2D eigenvalue weighted by molar-refractivity contribution is 5.98. The second-order valence-corrected chi connectivity index (χ2v) is 14.2. The van der Waals surface area contributed by atoms with Crippen molar-refractivity contribution in [2.24, 2.45) is 11.8 Å². The fourth-order valence-corrected chi connectivity index (χ4v) is 6.95. The lowest BCUT2D eigenvalue weighted by Crippen LogP contribution is -2.60. The van der Waals surface area contributed by atoms with E-state index in [-0.39, 0.29) is 37.1 Å². The third kappa shape index (κ3) is 10.0. The van der Waals surface area contributed by atoms with Gasteiger partial charge in [0.2, 0.25) is 41.4 Å². The van der Waals surface area contributed by atoms with Gasteiger partial charge in [-0.05, 0) is 49.5 Å². The predicted molar refractivity (Wildman–Crippen MR) is 186 cm³/mol. The molecule has 0 saturated carbocycles. The first-order valence-electron chi connectivity index (χ1n) is 18.1. The van der Waals surface area contributed by atoms with Crippen molar-refractivity contribution in [1.82, 2.24) is 36.4 Å². The van der Waals surface area contributed by atoms with Gasteiger partial charge in [-0.2, -0.15) is 0 Å². The minimum Gasteiger partial charge on any atom is -0.394 e. The normalized spacial score (nSPS) is 28.2. The van der Waals surface area contributed by atoms with Crippen LogP contribution < -0.4 is 26.6 Å². The molecule has 0 aliphatic carbocycles. The standard InChI is InChI=1S/C36H53N7O8/c1-5-22(4)30-34(49)39-24(18-23-11-7-6-8-12-23)31(46)37-19-29(45)38-26(20-44)32(47)40-25(17-21(2)3)35(50)43-16-10-14-28(43)36(51)42-15-9-13-27(42)33(48)41-30/h6-8,11-12,21-22,24-28,30,44H,5,9-10,13-20H2,1-4H3,(H,37,46)(H,38,45)(H,39,49)(H,40,47)(H,41,48)/t22-,24-,25-,26+,27-,28-,30-/m0/s1. The molecular formula is C36H53N7O8. The van der Waals surface area contributed by atoms with E-state index < -0.39 is 84.8 Å². The number of carbonyl (C=O) groups is 7. The van der Waals surface area contributed by atoms with Gasteiger partial charge >= 0.3 is 0 Å². The van der Waals surface area contributed by atoms with Crippen LogP contribution in [0.2, 0.25) is 0 Å². The summed E-state index contributed by atoms with van der Waals surface area (Å²) < 4.78 is 0. The maximum Gasteiger partial charge on any atom is 0.246 e. The van der Waals surface area contributed by atoms with Gasteiger partial charge in [-0.25, -0.2) is 0 Å². The Kier molecular flexibility index (Phi) is 13.9. The Hall–Kier alpha value is -4.53. The number of hydrogen-bond acceptors (Lipinski definition) is 8. The number of benzene rings is 1. The average Bonchev–Trinajstić information content (AvgIpc) is 3.81. The van der Waals surface area contributed by atoms with Crippen molar-refractivity contribution in [1.29, 1.82) is 0 Å². The van der Waals surface area contributed by atoms with Crippen molar-refractivity contribution in [2.75, 3.05) is 26.2 Å². The number of carbonyl (C=O) groups excluding carboxylic acids is 7. The molecule has 4 rings (SSSR count). The molecule has 3 fully saturated rings. The first kappa shape index (κ1) is 39.3. The van der Waals surface area contributed by atoms with Crippen LogP contribution in [-0.4, -0.2) is 119 Å². The molecule has 7 atom stereocenters. The Bertz CT molecular complexity index is 1440. The maximum absolute atomic E-state index is 14.1. The summed E-state index contributed by atoms with van der Waals surface area (Å²) in [7, 11) is 0. The van der Waals surface area contributed by atoms with Crippen molar-refractivity contribution in [3.63, 3.8) is 0 Å². The van der Waals surface area contributed by atoms with Crippen molar-refractivity contribution in [3.05, 3.63) is 35.9 Å². The maximum atomic E-state index is 14.1. The molecule has 0 unspecified atom stereocenters. The molecule has 6 N–H and O–H groups in total. The van der Waals surface area contributed by atoms with E-state index in [1.54, 1.807) is 24.3 Å². The molecule has 0 radical (unpaired) electrons. The highest BCUT2D eigenvalue weighted by Crippen LogP contribution is 2.27. The number of fused-ring (bicyclic) bond motifs is 2. The number of nitrogens with one attached hydrogen (secondary N) is 5. The van der Waals surface area contributed by atoms with Crippen LogP contribution in [0.15, 0.2) is 30.3 Å².